The van der Waals surface area contributed by atoms with Gasteiger partial charge in [0, 0.05) is 44.0 Å². The van der Waals surface area contributed by atoms with Crippen LogP contribution in [0, 0.1) is 10.1 Å². The molecule has 10 heteroatoms. The van der Waals surface area contributed by atoms with E-state index in [1.54, 1.807) is 24.3 Å². The minimum atomic E-state index is -0.517. The fourth-order valence-corrected chi connectivity index (χ4v) is 4.22. The average Bonchev–Trinajstić information content (AvgIpc) is 3.38. The van der Waals surface area contributed by atoms with Gasteiger partial charge in [-0.25, -0.2) is 4.79 Å². The summed E-state index contributed by atoms with van der Waals surface area (Å²) in [6, 6.07) is 9.38. The zero-order valence-corrected chi connectivity index (χ0v) is 18.4. The van der Waals surface area contributed by atoms with E-state index in [2.05, 4.69) is 10.2 Å². The summed E-state index contributed by atoms with van der Waals surface area (Å²) in [5.41, 5.74) is 2.17. The van der Waals surface area contributed by atoms with Crippen LogP contribution in [0.4, 0.5) is 22.7 Å². The van der Waals surface area contributed by atoms with Crippen LogP contribution in [0.15, 0.2) is 36.4 Å². The highest BCUT2D eigenvalue weighted by Crippen LogP contribution is 2.30. The number of nitro benzene ring substituents is 1. The lowest BCUT2D eigenvalue weighted by atomic mass is 10.1. The number of esters is 1. The quantitative estimate of drug-likeness (QED) is 0.402. The van der Waals surface area contributed by atoms with Crippen LogP contribution >= 0.6 is 0 Å². The molecule has 2 fully saturated rings. The molecule has 2 aliphatic rings. The maximum atomic E-state index is 13.2. The molecule has 1 N–H and O–H groups in total. The predicted molar refractivity (Wildman–Crippen MR) is 123 cm³/mol. The summed E-state index contributed by atoms with van der Waals surface area (Å²) in [4.78, 5) is 40.5. The maximum absolute atomic E-state index is 13.2. The van der Waals surface area contributed by atoms with Crippen molar-refractivity contribution < 1.29 is 24.0 Å². The van der Waals surface area contributed by atoms with Gasteiger partial charge in [0.15, 0.2) is 0 Å². The van der Waals surface area contributed by atoms with Crippen LogP contribution < -0.4 is 15.1 Å². The molecule has 0 radical (unpaired) electrons. The van der Waals surface area contributed by atoms with Gasteiger partial charge in [-0.05, 0) is 37.1 Å². The molecule has 174 valence electrons. The van der Waals surface area contributed by atoms with Crippen molar-refractivity contribution in [2.45, 2.75) is 12.8 Å². The molecular weight excluding hydrogens is 428 g/mol. The Morgan fingerprint density at radius 1 is 0.970 bits per heavy atom. The number of benzene rings is 2. The van der Waals surface area contributed by atoms with Crippen molar-refractivity contribution in [1.29, 1.82) is 0 Å². The van der Waals surface area contributed by atoms with Gasteiger partial charge < -0.3 is 24.6 Å². The Bertz CT molecular complexity index is 1060. The molecule has 0 saturated carbocycles. The Kier molecular flexibility index (Phi) is 6.74. The third-order valence-electron chi connectivity index (χ3n) is 5.89. The minimum Gasteiger partial charge on any atom is -0.465 e. The van der Waals surface area contributed by atoms with Gasteiger partial charge in [0.2, 0.25) is 0 Å². The largest absolute Gasteiger partial charge is 0.465 e. The van der Waals surface area contributed by atoms with Gasteiger partial charge >= 0.3 is 5.97 Å². The number of rotatable bonds is 6. The smallest absolute Gasteiger partial charge is 0.340 e. The summed E-state index contributed by atoms with van der Waals surface area (Å²) in [6.45, 7) is 3.99. The van der Waals surface area contributed by atoms with Gasteiger partial charge in [-0.15, -0.1) is 0 Å². The lowest BCUT2D eigenvalue weighted by molar-refractivity contribution is -0.384. The Labute approximate surface area is 191 Å². The summed E-state index contributed by atoms with van der Waals surface area (Å²) in [5.74, 6) is -0.990. The fraction of sp³-hybridized carbons (Fsp3) is 0.391. The van der Waals surface area contributed by atoms with Crippen molar-refractivity contribution in [3.63, 3.8) is 0 Å². The number of hydrogen-bond acceptors (Lipinski definition) is 8. The number of ether oxygens (including phenoxy) is 2. The number of anilines is 3. The zero-order valence-electron chi connectivity index (χ0n) is 18.4. The van der Waals surface area contributed by atoms with Crippen molar-refractivity contribution in [2.24, 2.45) is 0 Å². The number of amides is 1. The van der Waals surface area contributed by atoms with Crippen molar-refractivity contribution in [3.8, 4) is 0 Å². The molecule has 0 bridgehead atoms. The molecule has 4 rings (SSSR count). The van der Waals surface area contributed by atoms with Crippen molar-refractivity contribution in [2.75, 3.05) is 61.6 Å². The molecule has 2 aromatic rings. The first kappa shape index (κ1) is 22.5. The molecule has 1 amide bonds. The van der Waals surface area contributed by atoms with E-state index in [0.29, 0.717) is 48.9 Å². The summed E-state index contributed by atoms with van der Waals surface area (Å²) in [5, 5.41) is 14.1. The molecule has 0 aromatic heterocycles. The van der Waals surface area contributed by atoms with Crippen molar-refractivity contribution in [3.05, 3.63) is 57.6 Å². The van der Waals surface area contributed by atoms with Crippen LogP contribution in [0.3, 0.4) is 0 Å². The molecule has 0 aliphatic carbocycles. The van der Waals surface area contributed by atoms with Gasteiger partial charge in [0.05, 0.1) is 47.7 Å². The zero-order chi connectivity index (χ0) is 23.4. The fourth-order valence-electron chi connectivity index (χ4n) is 4.22. The van der Waals surface area contributed by atoms with E-state index in [1.165, 1.54) is 19.2 Å². The first-order valence-corrected chi connectivity index (χ1v) is 10.9. The Hall–Kier alpha value is -3.66. The third kappa shape index (κ3) is 4.90. The van der Waals surface area contributed by atoms with Gasteiger partial charge in [-0.2, -0.15) is 0 Å². The molecule has 0 spiro atoms. The summed E-state index contributed by atoms with van der Waals surface area (Å²) in [6.07, 6.45) is 2.01. The van der Waals surface area contributed by atoms with E-state index in [0.717, 1.165) is 25.9 Å². The normalized spacial score (nSPS) is 15.9. The van der Waals surface area contributed by atoms with Crippen LogP contribution in [0.2, 0.25) is 0 Å². The van der Waals surface area contributed by atoms with E-state index in [4.69, 9.17) is 9.47 Å². The van der Waals surface area contributed by atoms with Crippen LogP contribution in [0.1, 0.15) is 33.6 Å². The molecular formula is C23H26N4O6. The average molecular weight is 454 g/mol. The van der Waals surface area contributed by atoms with E-state index in [1.807, 2.05) is 4.90 Å². The molecule has 33 heavy (non-hydrogen) atoms. The highest BCUT2D eigenvalue weighted by molar-refractivity contribution is 6.09. The number of carbonyl (C=O) groups is 2. The number of morpholine rings is 1. The molecule has 2 saturated heterocycles. The van der Waals surface area contributed by atoms with Gasteiger partial charge in [0.25, 0.3) is 11.6 Å². The Balaban J connectivity index is 1.64. The number of non-ortho nitro benzene ring substituents is 1. The number of nitrogens with one attached hydrogen (secondary N) is 1. The first-order chi connectivity index (χ1) is 16.0. The number of methoxy groups -OCH3 is 1. The number of nitro groups is 1. The molecule has 10 nitrogen and oxygen atoms in total. The van der Waals surface area contributed by atoms with E-state index in [-0.39, 0.29) is 11.3 Å². The second kappa shape index (κ2) is 9.86. The van der Waals surface area contributed by atoms with Gasteiger partial charge in [0.1, 0.15) is 0 Å². The summed E-state index contributed by atoms with van der Waals surface area (Å²) in [7, 11) is 1.31. The van der Waals surface area contributed by atoms with Crippen LogP contribution in [-0.2, 0) is 9.47 Å². The Morgan fingerprint density at radius 2 is 1.61 bits per heavy atom. The lowest BCUT2D eigenvalue weighted by Gasteiger charge is -2.30. The van der Waals surface area contributed by atoms with Crippen LogP contribution in [0.25, 0.3) is 0 Å². The lowest BCUT2D eigenvalue weighted by Crippen LogP contribution is -2.37. The van der Waals surface area contributed by atoms with Gasteiger partial charge in [-0.1, -0.05) is 0 Å². The minimum absolute atomic E-state index is 0.152. The molecule has 2 aromatic carbocycles. The van der Waals surface area contributed by atoms with Crippen molar-refractivity contribution >= 4 is 34.6 Å². The number of hydrogen-bond donors (Lipinski definition) is 1. The van der Waals surface area contributed by atoms with Crippen LogP contribution in [0.5, 0.6) is 0 Å². The van der Waals surface area contributed by atoms with E-state index < -0.39 is 16.8 Å². The number of nitrogens with zero attached hydrogens (tertiary/aromatic N) is 3. The van der Waals surface area contributed by atoms with Crippen LogP contribution in [-0.4, -0.2) is 63.3 Å². The van der Waals surface area contributed by atoms with Crippen molar-refractivity contribution in [1.82, 2.24) is 0 Å². The monoisotopic (exact) mass is 454 g/mol. The van der Waals surface area contributed by atoms with Gasteiger partial charge in [-0.3, -0.25) is 14.9 Å². The molecule has 0 unspecified atom stereocenters. The second-order valence-electron chi connectivity index (χ2n) is 7.93. The Morgan fingerprint density at radius 3 is 2.27 bits per heavy atom. The predicted octanol–water partition coefficient (Wildman–Crippen LogP) is 3.07. The summed E-state index contributed by atoms with van der Waals surface area (Å²) >= 11 is 0. The maximum Gasteiger partial charge on any atom is 0.340 e. The second-order valence-corrected chi connectivity index (χ2v) is 7.93. The standard InChI is InChI=1S/C23H26N4O6/c1-32-23(29)19-14-16(4-6-21(19)26-10-12-33-13-11-26)24-22(28)18-15-17(27(30)31)5-7-20(18)25-8-2-3-9-25/h4-7,14-15H,2-3,8-13H2,1H3,(H,24,28). The number of carbonyl (C=O) groups excluding carboxylic acids is 2. The highest BCUT2D eigenvalue weighted by atomic mass is 16.6. The summed E-state index contributed by atoms with van der Waals surface area (Å²) < 4.78 is 10.3. The van der Waals surface area contributed by atoms with E-state index >= 15 is 0 Å². The SMILES string of the molecule is COC(=O)c1cc(NC(=O)c2cc([N+](=O)[O-])ccc2N2CCCC2)ccc1N1CCOCC1. The topological polar surface area (TPSA) is 114 Å². The highest BCUT2D eigenvalue weighted by Gasteiger charge is 2.24. The molecule has 2 heterocycles. The first-order valence-electron chi connectivity index (χ1n) is 10.9. The van der Waals surface area contributed by atoms with E-state index in [9.17, 15) is 19.7 Å². The third-order valence-corrected chi connectivity index (χ3v) is 5.89. The molecule has 2 aliphatic heterocycles. The molecule has 0 atom stereocenters.